The van der Waals surface area contributed by atoms with Gasteiger partial charge in [-0.1, -0.05) is 23.7 Å². The average molecular weight is 377 g/mol. The summed E-state index contributed by atoms with van der Waals surface area (Å²) in [6.45, 7) is 3.15. The molecule has 0 amide bonds. The Bertz CT molecular complexity index is 683. The summed E-state index contributed by atoms with van der Waals surface area (Å²) < 4.78 is 37.6. The van der Waals surface area contributed by atoms with Crippen molar-refractivity contribution in [1.29, 1.82) is 0 Å². The first-order valence-corrected chi connectivity index (χ1v) is 8.42. The predicted molar refractivity (Wildman–Crippen MR) is 90.2 cm³/mol. The summed E-state index contributed by atoms with van der Waals surface area (Å²) in [6.07, 6.45) is -4.41. The number of nitrogens with zero attached hydrogens (tertiary/aromatic N) is 2. The fourth-order valence-corrected chi connectivity index (χ4v) is 2.65. The number of rotatable bonds is 5. The minimum atomic E-state index is -4.41. The summed E-state index contributed by atoms with van der Waals surface area (Å²) in [7, 11) is 0. The van der Waals surface area contributed by atoms with E-state index in [-0.39, 0.29) is 6.54 Å². The van der Waals surface area contributed by atoms with E-state index in [0.717, 1.165) is 22.3 Å². The van der Waals surface area contributed by atoms with Gasteiger partial charge in [0.25, 0.3) is 0 Å². The summed E-state index contributed by atoms with van der Waals surface area (Å²) in [5, 5.41) is 8.02. The van der Waals surface area contributed by atoms with Gasteiger partial charge < -0.3 is 10.6 Å². The maximum absolute atomic E-state index is 12.5. The quantitative estimate of drug-likeness (QED) is 0.611. The molecule has 0 bridgehead atoms. The van der Waals surface area contributed by atoms with Crippen LogP contribution < -0.4 is 10.6 Å². The van der Waals surface area contributed by atoms with Crippen LogP contribution in [0.2, 0.25) is 5.02 Å². The van der Waals surface area contributed by atoms with Gasteiger partial charge in [0.05, 0.1) is 13.1 Å². The Morgan fingerprint density at radius 3 is 2.54 bits per heavy atom. The Balaban J connectivity index is 1.96. The molecular weight excluding hydrogens is 361 g/mol. The van der Waals surface area contributed by atoms with Crippen molar-refractivity contribution < 1.29 is 13.2 Å². The number of thiazole rings is 1. The molecule has 24 heavy (non-hydrogen) atoms. The Morgan fingerprint density at radius 2 is 1.96 bits per heavy atom. The van der Waals surface area contributed by atoms with Crippen LogP contribution in [0.4, 0.5) is 13.2 Å². The number of nitrogens with one attached hydrogen (secondary N) is 2. The van der Waals surface area contributed by atoms with E-state index in [2.05, 4.69) is 20.6 Å². The van der Waals surface area contributed by atoms with Crippen molar-refractivity contribution in [2.75, 3.05) is 6.54 Å². The second kappa shape index (κ2) is 8.34. The van der Waals surface area contributed by atoms with E-state index < -0.39 is 11.9 Å². The van der Waals surface area contributed by atoms with Crippen LogP contribution in [0.25, 0.3) is 0 Å². The molecule has 130 valence electrons. The molecule has 1 heterocycles. The van der Waals surface area contributed by atoms with Gasteiger partial charge in [-0.15, -0.1) is 11.3 Å². The molecule has 0 unspecified atom stereocenters. The molecule has 1 aromatic carbocycles. The molecular formula is C15H16ClF3N4S. The molecule has 0 atom stereocenters. The molecule has 2 aromatic rings. The first-order chi connectivity index (χ1) is 11.4. The van der Waals surface area contributed by atoms with Gasteiger partial charge in [0.15, 0.2) is 11.7 Å². The molecule has 0 saturated heterocycles. The Hall–Kier alpha value is -1.80. The summed E-state index contributed by atoms with van der Waals surface area (Å²) in [5.74, 6) is 0.510. The van der Waals surface area contributed by atoms with Gasteiger partial charge in [-0.25, -0.2) is 9.98 Å². The van der Waals surface area contributed by atoms with Gasteiger partial charge in [0.1, 0.15) is 5.01 Å². The molecule has 9 heteroatoms. The third-order valence-corrected chi connectivity index (χ3v) is 4.03. The normalized spacial score (nSPS) is 12.3. The number of benzene rings is 1. The van der Waals surface area contributed by atoms with Gasteiger partial charge in [-0.05, 0) is 24.6 Å². The second-order valence-corrected chi connectivity index (χ2v) is 6.18. The first-order valence-electron chi connectivity index (χ1n) is 7.16. The number of guanidine groups is 1. The van der Waals surface area contributed by atoms with Crippen LogP contribution in [0.1, 0.15) is 23.2 Å². The predicted octanol–water partition coefficient (Wildman–Crippen LogP) is 4.07. The van der Waals surface area contributed by atoms with E-state index >= 15 is 0 Å². The number of alkyl halides is 3. The maximum Gasteiger partial charge on any atom is 0.434 e. The van der Waals surface area contributed by atoms with Crippen LogP contribution in [0.3, 0.4) is 0 Å². The van der Waals surface area contributed by atoms with Crippen LogP contribution in [-0.4, -0.2) is 17.5 Å². The van der Waals surface area contributed by atoms with Crippen molar-refractivity contribution in [3.63, 3.8) is 0 Å². The highest BCUT2D eigenvalue weighted by molar-refractivity contribution is 7.09. The smallest absolute Gasteiger partial charge is 0.357 e. The van der Waals surface area contributed by atoms with Gasteiger partial charge in [0.2, 0.25) is 0 Å². The van der Waals surface area contributed by atoms with Crippen LogP contribution in [0.15, 0.2) is 34.6 Å². The Labute approximate surface area is 146 Å². The number of hydrogen-bond acceptors (Lipinski definition) is 3. The standard InChI is InChI=1S/C15H16ClF3N4S/c1-2-20-14(21-7-10-3-5-11(16)6-4-10)22-8-13-23-12(9-24-13)15(17,18)19/h3-6,9H,2,7-8H2,1H3,(H2,20,21,22). The summed E-state index contributed by atoms with van der Waals surface area (Å²) in [5.41, 5.74) is 0.109. The zero-order valence-corrected chi connectivity index (χ0v) is 14.4. The molecule has 0 saturated carbocycles. The Kier molecular flexibility index (Phi) is 6.44. The summed E-state index contributed by atoms with van der Waals surface area (Å²) in [6, 6.07) is 7.29. The van der Waals surface area contributed by atoms with Gasteiger partial charge in [0, 0.05) is 16.9 Å². The molecule has 0 aliphatic carbocycles. The van der Waals surface area contributed by atoms with E-state index in [1.807, 2.05) is 19.1 Å². The minimum Gasteiger partial charge on any atom is -0.357 e. The van der Waals surface area contributed by atoms with E-state index in [0.29, 0.717) is 29.1 Å². The molecule has 2 rings (SSSR count). The van der Waals surface area contributed by atoms with Crippen LogP contribution >= 0.6 is 22.9 Å². The van der Waals surface area contributed by atoms with E-state index in [1.54, 1.807) is 12.1 Å². The van der Waals surface area contributed by atoms with Gasteiger partial charge >= 0.3 is 6.18 Å². The van der Waals surface area contributed by atoms with Gasteiger partial charge in [-0.3, -0.25) is 0 Å². The third-order valence-electron chi connectivity index (χ3n) is 2.93. The molecule has 0 aliphatic heterocycles. The Morgan fingerprint density at radius 1 is 1.25 bits per heavy atom. The fourth-order valence-electron chi connectivity index (χ4n) is 1.78. The lowest BCUT2D eigenvalue weighted by atomic mass is 10.2. The molecule has 4 nitrogen and oxygen atoms in total. The summed E-state index contributed by atoms with van der Waals surface area (Å²) >= 11 is 6.79. The van der Waals surface area contributed by atoms with Crippen molar-refractivity contribution in [2.45, 2.75) is 26.2 Å². The van der Waals surface area contributed by atoms with E-state index in [1.165, 1.54) is 0 Å². The topological polar surface area (TPSA) is 49.3 Å². The molecule has 1 aromatic heterocycles. The minimum absolute atomic E-state index is 0.174. The van der Waals surface area contributed by atoms with Crippen molar-refractivity contribution in [2.24, 2.45) is 4.99 Å². The van der Waals surface area contributed by atoms with Crippen molar-refractivity contribution in [3.8, 4) is 0 Å². The highest BCUT2D eigenvalue weighted by atomic mass is 35.5. The molecule has 0 aliphatic rings. The van der Waals surface area contributed by atoms with Crippen LogP contribution in [0, 0.1) is 0 Å². The lowest BCUT2D eigenvalue weighted by Gasteiger charge is -2.10. The largest absolute Gasteiger partial charge is 0.434 e. The molecule has 0 fully saturated rings. The zero-order valence-electron chi connectivity index (χ0n) is 12.8. The third kappa shape index (κ3) is 5.68. The van der Waals surface area contributed by atoms with Gasteiger partial charge in [-0.2, -0.15) is 13.2 Å². The SMILES string of the molecule is CCNC(=NCc1ccc(Cl)cc1)NCc1nc(C(F)(F)F)cs1. The van der Waals surface area contributed by atoms with E-state index in [9.17, 15) is 13.2 Å². The molecule has 0 radical (unpaired) electrons. The monoisotopic (exact) mass is 376 g/mol. The van der Waals surface area contributed by atoms with Crippen LogP contribution in [0.5, 0.6) is 0 Å². The number of halogens is 4. The maximum atomic E-state index is 12.5. The lowest BCUT2D eigenvalue weighted by Crippen LogP contribution is -2.36. The highest BCUT2D eigenvalue weighted by Gasteiger charge is 2.33. The van der Waals surface area contributed by atoms with Crippen molar-refractivity contribution >= 4 is 28.9 Å². The van der Waals surface area contributed by atoms with E-state index in [4.69, 9.17) is 11.6 Å². The summed E-state index contributed by atoms with van der Waals surface area (Å²) in [4.78, 5) is 7.97. The number of aliphatic imine (C=N–C) groups is 1. The molecule has 0 spiro atoms. The fraction of sp³-hybridized carbons (Fsp3) is 0.333. The number of hydrogen-bond donors (Lipinski definition) is 2. The van der Waals surface area contributed by atoms with Crippen molar-refractivity contribution in [1.82, 2.24) is 15.6 Å². The highest BCUT2D eigenvalue weighted by Crippen LogP contribution is 2.29. The first kappa shape index (κ1) is 18.5. The average Bonchev–Trinajstić information content (AvgIpc) is 3.01. The van der Waals surface area contributed by atoms with Crippen molar-refractivity contribution in [3.05, 3.63) is 50.9 Å². The number of aromatic nitrogens is 1. The molecule has 2 N–H and O–H groups in total. The zero-order chi connectivity index (χ0) is 17.6. The second-order valence-electron chi connectivity index (χ2n) is 4.80. The lowest BCUT2D eigenvalue weighted by molar-refractivity contribution is -0.140. The van der Waals surface area contributed by atoms with Crippen LogP contribution in [-0.2, 0) is 19.3 Å².